The molecule has 0 saturated heterocycles. The zero-order chi connectivity index (χ0) is 45.3. The zero-order valence-corrected chi connectivity index (χ0v) is 38.3. The summed E-state index contributed by atoms with van der Waals surface area (Å²) in [4.78, 5) is 5.17. The third-order valence-electron chi connectivity index (χ3n) is 15.4. The SMILES string of the molecule is c1ccc(-c2ccc(N(c3ccc4c(c3)C3(c5ccccc5Oc5ccccc53)c3ccccc3-4)c3c4c(cc5ccccc35)C3(c5ccccc5Sc5ccccc53)c3ccccc3-4)cc2)cc1. The summed E-state index contributed by atoms with van der Waals surface area (Å²) in [7, 11) is 0. The van der Waals surface area contributed by atoms with Crippen LogP contribution in [0, 0.1) is 0 Å². The fraction of sp³-hybridized carbons (Fsp3) is 0.0303. The fourth-order valence-electron chi connectivity index (χ4n) is 12.7. The number of nitrogens with zero attached hydrogens (tertiary/aromatic N) is 1. The Labute approximate surface area is 405 Å². The summed E-state index contributed by atoms with van der Waals surface area (Å²) >= 11 is 1.89. The second-order valence-corrected chi connectivity index (χ2v) is 19.7. The molecule has 11 aromatic rings. The Hall–Kier alpha value is -8.37. The van der Waals surface area contributed by atoms with Gasteiger partial charge in [-0.2, -0.15) is 0 Å². The molecule has 0 radical (unpaired) electrons. The van der Waals surface area contributed by atoms with Crippen molar-refractivity contribution in [3.8, 4) is 44.9 Å². The van der Waals surface area contributed by atoms with Crippen molar-refractivity contribution in [3.05, 3.63) is 293 Å². The molecule has 2 aliphatic carbocycles. The Kier molecular flexibility index (Phi) is 8.17. The van der Waals surface area contributed by atoms with Gasteiger partial charge in [-0.25, -0.2) is 0 Å². The molecule has 2 aliphatic heterocycles. The van der Waals surface area contributed by atoms with Gasteiger partial charge in [-0.3, -0.25) is 0 Å². The van der Waals surface area contributed by atoms with Crippen molar-refractivity contribution < 1.29 is 4.74 Å². The van der Waals surface area contributed by atoms with Gasteiger partial charge in [0, 0.05) is 43.2 Å². The number of para-hydroxylation sites is 2. The molecule has 2 spiro atoms. The van der Waals surface area contributed by atoms with Crippen molar-refractivity contribution >= 4 is 39.6 Å². The topological polar surface area (TPSA) is 12.5 Å². The van der Waals surface area contributed by atoms with Crippen LogP contribution in [0.2, 0.25) is 0 Å². The highest BCUT2D eigenvalue weighted by Gasteiger charge is 2.53. The third kappa shape index (κ3) is 5.17. The predicted octanol–water partition coefficient (Wildman–Crippen LogP) is 17.3. The molecular weight excluding hydrogens is 855 g/mol. The largest absolute Gasteiger partial charge is 0.457 e. The molecule has 0 atom stereocenters. The Morgan fingerprint density at radius 2 is 0.826 bits per heavy atom. The van der Waals surface area contributed by atoms with E-state index in [0.717, 1.165) is 34.0 Å². The summed E-state index contributed by atoms with van der Waals surface area (Å²) in [5.41, 5.74) is 19.6. The minimum Gasteiger partial charge on any atom is -0.457 e. The molecule has 0 N–H and O–H groups in total. The number of hydrogen-bond donors (Lipinski definition) is 0. The Morgan fingerprint density at radius 3 is 1.52 bits per heavy atom. The second-order valence-electron chi connectivity index (χ2n) is 18.6. The van der Waals surface area contributed by atoms with Gasteiger partial charge in [-0.05, 0) is 121 Å². The van der Waals surface area contributed by atoms with Crippen molar-refractivity contribution in [3.63, 3.8) is 0 Å². The van der Waals surface area contributed by atoms with Gasteiger partial charge >= 0.3 is 0 Å². The van der Waals surface area contributed by atoms with Crippen LogP contribution in [0.4, 0.5) is 17.1 Å². The number of benzene rings is 11. The maximum absolute atomic E-state index is 6.78. The molecule has 11 aromatic carbocycles. The molecule has 2 heterocycles. The van der Waals surface area contributed by atoms with Crippen LogP contribution < -0.4 is 9.64 Å². The lowest BCUT2D eigenvalue weighted by Gasteiger charge is -2.40. The molecule has 0 aromatic heterocycles. The van der Waals surface area contributed by atoms with E-state index in [-0.39, 0.29) is 0 Å². The van der Waals surface area contributed by atoms with E-state index in [1.807, 2.05) is 11.8 Å². The van der Waals surface area contributed by atoms with Gasteiger partial charge in [0.2, 0.25) is 0 Å². The van der Waals surface area contributed by atoms with E-state index in [0.29, 0.717) is 0 Å². The third-order valence-corrected chi connectivity index (χ3v) is 16.5. The highest BCUT2D eigenvalue weighted by atomic mass is 32.2. The first-order valence-corrected chi connectivity index (χ1v) is 24.6. The molecule has 0 unspecified atom stereocenters. The van der Waals surface area contributed by atoms with Gasteiger partial charge in [0.05, 0.1) is 16.5 Å². The lowest BCUT2D eigenvalue weighted by atomic mass is 9.66. The minimum absolute atomic E-state index is 0.550. The molecule has 0 amide bonds. The summed E-state index contributed by atoms with van der Waals surface area (Å²) < 4.78 is 6.78. The fourth-order valence-corrected chi connectivity index (χ4v) is 13.9. The predicted molar refractivity (Wildman–Crippen MR) is 283 cm³/mol. The highest BCUT2D eigenvalue weighted by Crippen LogP contribution is 2.67. The first-order valence-electron chi connectivity index (χ1n) is 23.8. The van der Waals surface area contributed by atoms with Gasteiger partial charge in [-0.1, -0.05) is 206 Å². The van der Waals surface area contributed by atoms with Crippen LogP contribution in [0.5, 0.6) is 11.5 Å². The summed E-state index contributed by atoms with van der Waals surface area (Å²) in [5.74, 6) is 1.77. The first-order chi connectivity index (χ1) is 34.2. The molecule has 0 fully saturated rings. The Balaban J connectivity index is 1.07. The van der Waals surface area contributed by atoms with Crippen molar-refractivity contribution in [2.24, 2.45) is 0 Å². The van der Waals surface area contributed by atoms with Gasteiger partial charge in [0.25, 0.3) is 0 Å². The lowest BCUT2D eigenvalue weighted by Crippen LogP contribution is -2.32. The molecule has 0 bridgehead atoms. The summed E-state index contributed by atoms with van der Waals surface area (Å²) in [6, 6.07) is 92.5. The standard InChI is InChI=1S/C66H41NOS/c1-2-18-42(19-3-1)43-34-36-45(37-35-43)67(46-38-39-49-48-22-6-8-24-51(48)65(57(49)41-46)53-26-10-14-30-59(53)68-60-31-15-11-27-54(60)65)64-47-21-5-4-20-44(47)40-58-63(64)50-23-7-9-25-52(50)66(58)55-28-12-16-32-61(55)69-62-33-17-13-29-56(62)66/h1-41H. The quantitative estimate of drug-likeness (QED) is 0.175. The van der Waals surface area contributed by atoms with E-state index in [4.69, 9.17) is 4.74 Å². The smallest absolute Gasteiger partial charge is 0.132 e. The normalized spacial score (nSPS) is 14.4. The van der Waals surface area contributed by atoms with E-state index in [1.165, 1.54) is 93.0 Å². The van der Waals surface area contributed by atoms with Crippen LogP contribution in [0.3, 0.4) is 0 Å². The number of anilines is 3. The van der Waals surface area contributed by atoms with E-state index in [1.54, 1.807) is 0 Å². The molecule has 15 rings (SSSR count). The molecule has 0 saturated carbocycles. The molecule has 69 heavy (non-hydrogen) atoms. The highest BCUT2D eigenvalue weighted by molar-refractivity contribution is 7.99. The number of ether oxygens (including phenoxy) is 1. The number of hydrogen-bond acceptors (Lipinski definition) is 3. The van der Waals surface area contributed by atoms with Crippen LogP contribution >= 0.6 is 11.8 Å². The Bertz CT molecular complexity index is 3840. The number of rotatable bonds is 4. The van der Waals surface area contributed by atoms with E-state index in [9.17, 15) is 0 Å². The van der Waals surface area contributed by atoms with Crippen molar-refractivity contribution in [2.45, 2.75) is 20.6 Å². The molecular formula is C66H41NOS. The van der Waals surface area contributed by atoms with Crippen LogP contribution in [0.25, 0.3) is 44.2 Å². The van der Waals surface area contributed by atoms with Gasteiger partial charge < -0.3 is 9.64 Å². The monoisotopic (exact) mass is 895 g/mol. The van der Waals surface area contributed by atoms with E-state index < -0.39 is 10.8 Å². The van der Waals surface area contributed by atoms with Crippen molar-refractivity contribution in [2.75, 3.05) is 4.90 Å². The summed E-state index contributed by atoms with van der Waals surface area (Å²) in [6.45, 7) is 0. The number of fused-ring (bicyclic) bond motifs is 19. The van der Waals surface area contributed by atoms with Crippen LogP contribution in [-0.4, -0.2) is 0 Å². The Morgan fingerprint density at radius 1 is 0.333 bits per heavy atom. The van der Waals surface area contributed by atoms with Gasteiger partial charge in [-0.15, -0.1) is 0 Å². The first kappa shape index (κ1) is 38.7. The summed E-state index contributed by atoms with van der Waals surface area (Å²) in [6.07, 6.45) is 0. The second kappa shape index (κ2) is 14.6. The minimum atomic E-state index is -0.624. The molecule has 3 heteroatoms. The van der Waals surface area contributed by atoms with Gasteiger partial charge in [0.1, 0.15) is 11.5 Å². The van der Waals surface area contributed by atoms with Crippen LogP contribution in [0.15, 0.2) is 259 Å². The van der Waals surface area contributed by atoms with E-state index in [2.05, 4.69) is 254 Å². The molecule has 322 valence electrons. The summed E-state index contributed by atoms with van der Waals surface area (Å²) in [5, 5.41) is 2.40. The molecule has 2 nitrogen and oxygen atoms in total. The lowest BCUT2D eigenvalue weighted by molar-refractivity contribution is 0.436. The van der Waals surface area contributed by atoms with Gasteiger partial charge in [0.15, 0.2) is 0 Å². The zero-order valence-electron chi connectivity index (χ0n) is 37.4. The maximum atomic E-state index is 6.78. The average molecular weight is 896 g/mol. The molecule has 4 aliphatic rings. The average Bonchev–Trinajstić information content (AvgIpc) is 3.86. The maximum Gasteiger partial charge on any atom is 0.132 e. The van der Waals surface area contributed by atoms with Crippen molar-refractivity contribution in [1.82, 2.24) is 0 Å². The van der Waals surface area contributed by atoms with Crippen LogP contribution in [0.1, 0.15) is 44.5 Å². The van der Waals surface area contributed by atoms with E-state index >= 15 is 0 Å². The van der Waals surface area contributed by atoms with Crippen molar-refractivity contribution in [1.29, 1.82) is 0 Å². The van der Waals surface area contributed by atoms with Crippen LogP contribution in [-0.2, 0) is 10.8 Å².